The van der Waals surface area contributed by atoms with E-state index in [9.17, 15) is 0 Å². The van der Waals surface area contributed by atoms with Crippen molar-refractivity contribution in [2.24, 2.45) is 0 Å². The zero-order valence-corrected chi connectivity index (χ0v) is 10.0. The van der Waals surface area contributed by atoms with Crippen LogP contribution in [0.1, 0.15) is 44.6 Å². The molecular weight excluding hydrogens is 196 g/mol. The number of benzene rings is 1. The maximum Gasteiger partial charge on any atom is 0.130 e. The Labute approximate surface area is 98.1 Å². The van der Waals surface area contributed by atoms with Gasteiger partial charge in [-0.2, -0.15) is 0 Å². The fourth-order valence-electron chi connectivity index (χ4n) is 2.12. The first-order valence-corrected chi connectivity index (χ1v) is 6.32. The molecule has 1 aliphatic rings. The van der Waals surface area contributed by atoms with Gasteiger partial charge in [0, 0.05) is 6.42 Å². The van der Waals surface area contributed by atoms with Crippen LogP contribution in [-0.2, 0) is 6.42 Å². The van der Waals surface area contributed by atoms with Crippen molar-refractivity contribution in [3.63, 3.8) is 0 Å². The van der Waals surface area contributed by atoms with Crippen LogP contribution in [0.5, 0.6) is 5.75 Å². The maximum absolute atomic E-state index is 5.63. The van der Waals surface area contributed by atoms with Crippen molar-refractivity contribution in [3.8, 4) is 5.75 Å². The molecule has 16 heavy (non-hydrogen) atoms. The first-order valence-electron chi connectivity index (χ1n) is 6.32. The molecule has 0 radical (unpaired) electrons. The minimum absolute atomic E-state index is 1.03. The highest BCUT2D eigenvalue weighted by atomic mass is 16.5. The van der Waals surface area contributed by atoms with Gasteiger partial charge in [-0.1, -0.05) is 44.4 Å². The summed E-state index contributed by atoms with van der Waals surface area (Å²) in [5.74, 6) is 1.03. The van der Waals surface area contributed by atoms with E-state index in [1.54, 1.807) is 0 Å². The SMILES string of the molecule is CCCCCCC1=COc2ccccc2C1. The molecule has 1 aromatic rings. The molecule has 2 rings (SSSR count). The van der Waals surface area contributed by atoms with E-state index in [1.165, 1.54) is 43.2 Å². The third-order valence-electron chi connectivity index (χ3n) is 3.09. The average Bonchev–Trinajstić information content (AvgIpc) is 2.34. The summed E-state index contributed by atoms with van der Waals surface area (Å²) < 4.78 is 5.63. The van der Waals surface area contributed by atoms with Crippen LogP contribution in [0.3, 0.4) is 0 Å². The summed E-state index contributed by atoms with van der Waals surface area (Å²) in [6, 6.07) is 8.31. The van der Waals surface area contributed by atoms with E-state index in [-0.39, 0.29) is 0 Å². The smallest absolute Gasteiger partial charge is 0.130 e. The molecule has 1 aliphatic heterocycles. The second-order valence-electron chi connectivity index (χ2n) is 4.49. The Morgan fingerprint density at radius 1 is 1.12 bits per heavy atom. The molecule has 1 nitrogen and oxygen atoms in total. The Hall–Kier alpha value is -1.24. The summed E-state index contributed by atoms with van der Waals surface area (Å²) in [7, 11) is 0. The molecule has 1 heteroatoms. The van der Waals surface area contributed by atoms with E-state index < -0.39 is 0 Å². The predicted molar refractivity (Wildman–Crippen MR) is 67.6 cm³/mol. The summed E-state index contributed by atoms with van der Waals surface area (Å²) in [4.78, 5) is 0. The number of ether oxygens (including phenoxy) is 1. The Morgan fingerprint density at radius 2 is 2.00 bits per heavy atom. The Kier molecular flexibility index (Phi) is 4.03. The van der Waals surface area contributed by atoms with Gasteiger partial charge < -0.3 is 4.74 Å². The number of unbranched alkanes of at least 4 members (excludes halogenated alkanes) is 3. The molecule has 0 fully saturated rings. The predicted octanol–water partition coefficient (Wildman–Crippen LogP) is 4.48. The Bertz CT molecular complexity index is 365. The molecule has 0 N–H and O–H groups in total. The van der Waals surface area contributed by atoms with Crippen molar-refractivity contribution in [3.05, 3.63) is 41.7 Å². The van der Waals surface area contributed by atoms with Crippen LogP contribution in [-0.4, -0.2) is 0 Å². The van der Waals surface area contributed by atoms with Crippen LogP contribution in [0.25, 0.3) is 0 Å². The highest BCUT2D eigenvalue weighted by molar-refractivity contribution is 5.39. The molecule has 0 saturated carbocycles. The molecule has 0 aliphatic carbocycles. The van der Waals surface area contributed by atoms with Crippen molar-refractivity contribution < 1.29 is 4.74 Å². The van der Waals surface area contributed by atoms with Gasteiger partial charge in [0.2, 0.25) is 0 Å². The molecular formula is C15H20O. The monoisotopic (exact) mass is 216 g/mol. The van der Waals surface area contributed by atoms with Crippen molar-refractivity contribution >= 4 is 0 Å². The number of rotatable bonds is 5. The Morgan fingerprint density at radius 3 is 2.88 bits per heavy atom. The first kappa shape index (κ1) is 11.3. The summed E-state index contributed by atoms with van der Waals surface area (Å²) >= 11 is 0. The first-order chi connectivity index (χ1) is 7.90. The lowest BCUT2D eigenvalue weighted by Crippen LogP contribution is -2.02. The van der Waals surface area contributed by atoms with Gasteiger partial charge in [-0.25, -0.2) is 0 Å². The van der Waals surface area contributed by atoms with Crippen molar-refractivity contribution in [2.45, 2.75) is 45.4 Å². The van der Waals surface area contributed by atoms with E-state index in [0.717, 1.165) is 12.2 Å². The average molecular weight is 216 g/mol. The zero-order chi connectivity index (χ0) is 11.2. The summed E-state index contributed by atoms with van der Waals surface area (Å²) in [5, 5.41) is 0. The zero-order valence-electron chi connectivity index (χ0n) is 10.0. The summed E-state index contributed by atoms with van der Waals surface area (Å²) in [6.45, 7) is 2.25. The largest absolute Gasteiger partial charge is 0.465 e. The number of hydrogen-bond acceptors (Lipinski definition) is 1. The van der Waals surface area contributed by atoms with E-state index in [2.05, 4.69) is 19.1 Å². The standard InChI is InChI=1S/C15H20O/c1-2-3-4-5-8-13-11-14-9-6-7-10-15(14)16-12-13/h6-7,9-10,12H,2-5,8,11H2,1H3. The quantitative estimate of drug-likeness (QED) is 0.659. The van der Waals surface area contributed by atoms with Gasteiger partial charge in [-0.05, 0) is 30.0 Å². The number of allylic oxidation sites excluding steroid dienone is 1. The number of hydrogen-bond donors (Lipinski definition) is 0. The van der Waals surface area contributed by atoms with Gasteiger partial charge in [-0.15, -0.1) is 0 Å². The van der Waals surface area contributed by atoms with Crippen LogP contribution in [0.15, 0.2) is 36.1 Å². The third-order valence-corrected chi connectivity index (χ3v) is 3.09. The van der Waals surface area contributed by atoms with Gasteiger partial charge in [0.25, 0.3) is 0 Å². The van der Waals surface area contributed by atoms with Crippen LogP contribution >= 0.6 is 0 Å². The second kappa shape index (κ2) is 5.74. The van der Waals surface area contributed by atoms with Crippen LogP contribution in [0.2, 0.25) is 0 Å². The van der Waals surface area contributed by atoms with E-state index in [4.69, 9.17) is 4.74 Å². The minimum Gasteiger partial charge on any atom is -0.465 e. The van der Waals surface area contributed by atoms with Crippen LogP contribution < -0.4 is 4.74 Å². The van der Waals surface area contributed by atoms with Crippen molar-refractivity contribution in [1.82, 2.24) is 0 Å². The minimum atomic E-state index is 1.03. The van der Waals surface area contributed by atoms with Crippen LogP contribution in [0, 0.1) is 0 Å². The molecule has 0 atom stereocenters. The normalized spacial score (nSPS) is 13.9. The fourth-order valence-corrected chi connectivity index (χ4v) is 2.12. The third kappa shape index (κ3) is 2.88. The summed E-state index contributed by atoms with van der Waals surface area (Å²) in [5.41, 5.74) is 2.77. The molecule has 0 saturated heterocycles. The molecule has 0 unspecified atom stereocenters. The summed E-state index contributed by atoms with van der Waals surface area (Å²) in [6.07, 6.45) is 9.51. The van der Waals surface area contributed by atoms with Crippen molar-refractivity contribution in [1.29, 1.82) is 0 Å². The lowest BCUT2D eigenvalue weighted by atomic mass is 9.98. The van der Waals surface area contributed by atoms with Gasteiger partial charge in [0.1, 0.15) is 5.75 Å². The van der Waals surface area contributed by atoms with Crippen molar-refractivity contribution in [2.75, 3.05) is 0 Å². The number of para-hydroxylation sites is 1. The van der Waals surface area contributed by atoms with E-state index in [0.29, 0.717) is 0 Å². The highest BCUT2D eigenvalue weighted by Gasteiger charge is 2.10. The van der Waals surface area contributed by atoms with Gasteiger partial charge in [0.15, 0.2) is 0 Å². The van der Waals surface area contributed by atoms with Crippen LogP contribution in [0.4, 0.5) is 0 Å². The van der Waals surface area contributed by atoms with Gasteiger partial charge in [-0.3, -0.25) is 0 Å². The lowest BCUT2D eigenvalue weighted by molar-refractivity contribution is 0.450. The fraction of sp³-hybridized carbons (Fsp3) is 0.467. The maximum atomic E-state index is 5.63. The topological polar surface area (TPSA) is 9.23 Å². The molecule has 0 spiro atoms. The molecule has 0 bridgehead atoms. The number of fused-ring (bicyclic) bond motifs is 1. The lowest BCUT2D eigenvalue weighted by Gasteiger charge is -2.16. The molecule has 1 heterocycles. The van der Waals surface area contributed by atoms with E-state index in [1.807, 2.05) is 18.4 Å². The van der Waals surface area contributed by atoms with Gasteiger partial charge >= 0.3 is 0 Å². The van der Waals surface area contributed by atoms with Gasteiger partial charge in [0.05, 0.1) is 6.26 Å². The van der Waals surface area contributed by atoms with E-state index >= 15 is 0 Å². The highest BCUT2D eigenvalue weighted by Crippen LogP contribution is 2.28. The Balaban J connectivity index is 1.84. The molecule has 0 amide bonds. The molecule has 0 aromatic heterocycles. The molecule has 1 aromatic carbocycles. The molecule has 86 valence electrons. The second-order valence-corrected chi connectivity index (χ2v) is 4.49.